The molecule has 7 nitrogen and oxygen atoms in total. The number of ketones is 1. The minimum absolute atomic E-state index is 0.151. The topological polar surface area (TPSA) is 116 Å². The van der Waals surface area contributed by atoms with Crippen molar-refractivity contribution in [1.29, 1.82) is 0 Å². The van der Waals surface area contributed by atoms with Crippen LogP contribution in [-0.2, 0) is 9.53 Å². The maximum Gasteiger partial charge on any atom is 0.349 e. The van der Waals surface area contributed by atoms with Crippen molar-refractivity contribution in [3.8, 4) is 0 Å². The van der Waals surface area contributed by atoms with Crippen LogP contribution in [0.3, 0.4) is 0 Å². The molecular weight excluding hydrogens is 352 g/mol. The predicted octanol–water partition coefficient (Wildman–Crippen LogP) is 2.30. The van der Waals surface area contributed by atoms with Crippen LogP contribution >= 0.6 is 22.7 Å². The number of nitrogens with one attached hydrogen (secondary N) is 1. The van der Waals surface area contributed by atoms with E-state index in [2.05, 4.69) is 5.32 Å². The molecule has 2 aromatic heterocycles. The van der Waals surface area contributed by atoms with E-state index in [-0.39, 0.29) is 16.2 Å². The number of hydrogen-bond donors (Lipinski definition) is 2. The smallest absolute Gasteiger partial charge is 0.349 e. The summed E-state index contributed by atoms with van der Waals surface area (Å²) in [4.78, 5) is 47.2. The summed E-state index contributed by atoms with van der Waals surface area (Å²) < 4.78 is 5.08. The highest BCUT2D eigenvalue weighted by Crippen LogP contribution is 2.23. The number of thiophene rings is 2. The van der Waals surface area contributed by atoms with Gasteiger partial charge in [-0.3, -0.25) is 14.4 Å². The largest absolute Gasteiger partial charge is 0.448 e. The van der Waals surface area contributed by atoms with Gasteiger partial charge in [-0.15, -0.1) is 22.7 Å². The van der Waals surface area contributed by atoms with Crippen LogP contribution in [0.1, 0.15) is 43.5 Å². The number of carbonyl (C=O) groups excluding carboxylic acids is 4. The van der Waals surface area contributed by atoms with Gasteiger partial charge in [0.25, 0.3) is 11.8 Å². The summed E-state index contributed by atoms with van der Waals surface area (Å²) in [6, 6.07) is 4.49. The molecule has 0 bridgehead atoms. The van der Waals surface area contributed by atoms with Crippen molar-refractivity contribution in [3.05, 3.63) is 38.9 Å². The fourth-order valence-electron chi connectivity index (χ4n) is 1.72. The molecule has 0 aromatic carbocycles. The van der Waals surface area contributed by atoms with Crippen LogP contribution in [0.4, 0.5) is 5.00 Å². The number of hydrogen-bond acceptors (Lipinski definition) is 7. The van der Waals surface area contributed by atoms with E-state index in [1.165, 1.54) is 32.0 Å². The lowest BCUT2D eigenvalue weighted by Crippen LogP contribution is -2.30. The third-order valence-corrected chi connectivity index (χ3v) is 4.97. The van der Waals surface area contributed by atoms with Crippen LogP contribution in [0.15, 0.2) is 23.6 Å². The van der Waals surface area contributed by atoms with Gasteiger partial charge in [0.15, 0.2) is 11.9 Å². The molecule has 2 amide bonds. The third-order valence-electron chi connectivity index (χ3n) is 2.97. The lowest BCUT2D eigenvalue weighted by Gasteiger charge is -2.12. The minimum Gasteiger partial charge on any atom is -0.448 e. The van der Waals surface area contributed by atoms with Crippen LogP contribution < -0.4 is 11.1 Å². The van der Waals surface area contributed by atoms with E-state index in [0.717, 1.165) is 22.7 Å². The van der Waals surface area contributed by atoms with Crippen molar-refractivity contribution in [2.24, 2.45) is 5.73 Å². The van der Waals surface area contributed by atoms with Gasteiger partial charge in [-0.1, -0.05) is 0 Å². The van der Waals surface area contributed by atoms with Crippen molar-refractivity contribution in [2.45, 2.75) is 20.0 Å². The first-order valence-corrected chi connectivity index (χ1v) is 8.49. The average molecular weight is 366 g/mol. The Kier molecular flexibility index (Phi) is 5.47. The van der Waals surface area contributed by atoms with Crippen LogP contribution in [0.25, 0.3) is 0 Å². The Morgan fingerprint density at radius 1 is 1.17 bits per heavy atom. The Bertz CT molecular complexity index is 808. The zero-order valence-electron chi connectivity index (χ0n) is 12.8. The molecule has 0 saturated carbocycles. The Balaban J connectivity index is 2.00. The SMILES string of the molecule is CC(=O)c1ccc(C(=O)OC(C)C(=O)Nc2sccc2C(N)=O)s1. The molecule has 2 heterocycles. The van der Waals surface area contributed by atoms with E-state index in [9.17, 15) is 19.2 Å². The summed E-state index contributed by atoms with van der Waals surface area (Å²) in [6.45, 7) is 2.80. The van der Waals surface area contributed by atoms with Gasteiger partial charge in [-0.05, 0) is 37.4 Å². The van der Waals surface area contributed by atoms with E-state index in [0.29, 0.717) is 9.88 Å². The summed E-state index contributed by atoms with van der Waals surface area (Å²) in [5, 5.41) is 4.41. The highest BCUT2D eigenvalue weighted by Gasteiger charge is 2.22. The zero-order chi connectivity index (χ0) is 17.9. The number of nitrogens with two attached hydrogens (primary N) is 1. The summed E-state index contributed by atoms with van der Waals surface area (Å²) in [5.41, 5.74) is 5.39. The second-order valence-corrected chi connectivity index (χ2v) is 6.78. The van der Waals surface area contributed by atoms with E-state index in [1.54, 1.807) is 5.38 Å². The molecule has 2 aromatic rings. The molecule has 9 heteroatoms. The lowest BCUT2D eigenvalue weighted by molar-refractivity contribution is -0.123. The number of primary amides is 1. The zero-order valence-corrected chi connectivity index (χ0v) is 14.5. The van der Waals surface area contributed by atoms with Crippen LogP contribution in [0, 0.1) is 0 Å². The van der Waals surface area contributed by atoms with Crippen LogP contribution in [-0.4, -0.2) is 29.7 Å². The van der Waals surface area contributed by atoms with E-state index < -0.39 is 23.9 Å². The summed E-state index contributed by atoms with van der Waals surface area (Å²) in [6.07, 6.45) is -1.08. The molecule has 0 aliphatic carbocycles. The third kappa shape index (κ3) is 4.06. The van der Waals surface area contributed by atoms with Gasteiger partial charge in [0.05, 0.1) is 10.4 Å². The fraction of sp³-hybridized carbons (Fsp3) is 0.200. The van der Waals surface area contributed by atoms with Gasteiger partial charge in [0, 0.05) is 0 Å². The molecule has 0 aliphatic rings. The van der Waals surface area contributed by atoms with Gasteiger partial charge in [0.2, 0.25) is 0 Å². The molecule has 0 aliphatic heterocycles. The first-order valence-electron chi connectivity index (χ1n) is 6.79. The fourth-order valence-corrected chi connectivity index (χ4v) is 3.30. The maximum atomic E-state index is 12.1. The number of rotatable bonds is 6. The number of amides is 2. The Morgan fingerprint density at radius 2 is 1.83 bits per heavy atom. The van der Waals surface area contributed by atoms with Gasteiger partial charge in [-0.2, -0.15) is 0 Å². The van der Waals surface area contributed by atoms with E-state index >= 15 is 0 Å². The summed E-state index contributed by atoms with van der Waals surface area (Å²) in [5.74, 6) is -2.10. The normalized spacial score (nSPS) is 11.6. The van der Waals surface area contributed by atoms with Crippen molar-refractivity contribution in [1.82, 2.24) is 0 Å². The van der Waals surface area contributed by atoms with Gasteiger partial charge >= 0.3 is 5.97 Å². The van der Waals surface area contributed by atoms with Crippen molar-refractivity contribution in [2.75, 3.05) is 5.32 Å². The Hall–Kier alpha value is -2.52. The molecule has 0 spiro atoms. The van der Waals surface area contributed by atoms with Gasteiger partial charge in [0.1, 0.15) is 9.88 Å². The van der Waals surface area contributed by atoms with Crippen molar-refractivity contribution in [3.63, 3.8) is 0 Å². The quantitative estimate of drug-likeness (QED) is 0.601. The lowest BCUT2D eigenvalue weighted by atomic mass is 10.3. The Labute approximate surface area is 145 Å². The molecule has 3 N–H and O–H groups in total. The second kappa shape index (κ2) is 7.37. The van der Waals surface area contributed by atoms with Crippen LogP contribution in [0.5, 0.6) is 0 Å². The van der Waals surface area contributed by atoms with E-state index in [1.807, 2.05) is 0 Å². The monoisotopic (exact) mass is 366 g/mol. The number of anilines is 1. The van der Waals surface area contributed by atoms with Gasteiger partial charge in [-0.25, -0.2) is 4.79 Å². The minimum atomic E-state index is -1.08. The molecule has 0 saturated heterocycles. The molecule has 0 radical (unpaired) electrons. The average Bonchev–Trinajstić information content (AvgIpc) is 3.15. The standard InChI is InChI=1S/C15H14N2O5S2/c1-7(18)10-3-4-11(24-10)15(21)22-8(2)13(20)17-14-9(12(16)19)5-6-23-14/h3-6,8H,1-2H3,(H2,16,19)(H,17,20). The highest BCUT2D eigenvalue weighted by atomic mass is 32.1. The first-order chi connectivity index (χ1) is 11.3. The number of ether oxygens (including phenoxy) is 1. The number of Topliss-reactive ketones (excluding diaryl/α,β-unsaturated/α-hetero) is 1. The highest BCUT2D eigenvalue weighted by molar-refractivity contribution is 7.16. The first kappa shape index (κ1) is 17.8. The molecule has 24 heavy (non-hydrogen) atoms. The molecule has 2 rings (SSSR count). The Morgan fingerprint density at radius 3 is 2.42 bits per heavy atom. The van der Waals surface area contributed by atoms with Crippen LogP contribution in [0.2, 0.25) is 0 Å². The molecule has 1 unspecified atom stereocenters. The number of carbonyl (C=O) groups is 4. The van der Waals surface area contributed by atoms with Gasteiger partial charge < -0.3 is 15.8 Å². The number of esters is 1. The molecular formula is C15H14N2O5S2. The molecule has 1 atom stereocenters. The summed E-state index contributed by atoms with van der Waals surface area (Å²) >= 11 is 2.14. The van der Waals surface area contributed by atoms with Crippen molar-refractivity contribution < 1.29 is 23.9 Å². The summed E-state index contributed by atoms with van der Waals surface area (Å²) in [7, 11) is 0. The maximum absolute atomic E-state index is 12.1. The molecule has 126 valence electrons. The second-order valence-electron chi connectivity index (χ2n) is 4.78. The predicted molar refractivity (Wildman–Crippen MR) is 90.7 cm³/mol. The van der Waals surface area contributed by atoms with Crippen molar-refractivity contribution >= 4 is 51.2 Å². The van der Waals surface area contributed by atoms with E-state index in [4.69, 9.17) is 10.5 Å². The molecule has 0 fully saturated rings.